The second-order valence-corrected chi connectivity index (χ2v) is 3.79. The van der Waals surface area contributed by atoms with Crippen LogP contribution < -0.4 is 5.32 Å². The van der Waals surface area contributed by atoms with Crippen LogP contribution in [0, 0.1) is 0 Å². The predicted octanol–water partition coefficient (Wildman–Crippen LogP) is 2.99. The lowest BCUT2D eigenvalue weighted by molar-refractivity contribution is -0.174. The number of rotatable bonds is 3. The maximum atomic E-state index is 12.0. The molecule has 17 heavy (non-hydrogen) atoms. The molecule has 1 aromatic carbocycles. The maximum Gasteiger partial charge on any atom is 0.471 e. The lowest BCUT2D eigenvalue weighted by Gasteiger charge is -2.15. The van der Waals surface area contributed by atoms with E-state index in [9.17, 15) is 18.0 Å². The summed E-state index contributed by atoms with van der Waals surface area (Å²) in [6, 6.07) is 6.47. The molecule has 0 unspecified atom stereocenters. The zero-order valence-corrected chi connectivity index (χ0v) is 9.64. The van der Waals surface area contributed by atoms with E-state index in [-0.39, 0.29) is 0 Å². The van der Waals surface area contributed by atoms with E-state index in [4.69, 9.17) is 0 Å². The first kappa shape index (κ1) is 13.5. The summed E-state index contributed by atoms with van der Waals surface area (Å²) in [6.07, 6.45) is -3.97. The van der Waals surface area contributed by atoms with Gasteiger partial charge in [-0.25, -0.2) is 0 Å². The lowest BCUT2D eigenvalue weighted by atomic mass is 10.1. The van der Waals surface area contributed by atoms with Crippen molar-refractivity contribution in [1.82, 2.24) is 5.32 Å². The maximum absolute atomic E-state index is 12.0. The molecule has 1 atom stereocenters. The van der Waals surface area contributed by atoms with Crippen molar-refractivity contribution in [2.75, 3.05) is 0 Å². The summed E-state index contributed by atoms with van der Waals surface area (Å²) < 4.78 is 36.1. The SMILES string of the molecule is CCc1ccc([C@@H](C)NC(=O)C(F)(F)F)cc1. The third kappa shape index (κ3) is 3.76. The van der Waals surface area contributed by atoms with E-state index in [1.807, 2.05) is 24.4 Å². The summed E-state index contributed by atoms with van der Waals surface area (Å²) in [7, 11) is 0. The number of hydrogen-bond donors (Lipinski definition) is 1. The Morgan fingerprint density at radius 2 is 1.82 bits per heavy atom. The summed E-state index contributed by atoms with van der Waals surface area (Å²) in [6.45, 7) is 3.51. The monoisotopic (exact) mass is 245 g/mol. The first-order valence-corrected chi connectivity index (χ1v) is 5.31. The zero-order chi connectivity index (χ0) is 13.1. The van der Waals surface area contributed by atoms with E-state index in [1.54, 1.807) is 12.1 Å². The van der Waals surface area contributed by atoms with Gasteiger partial charge >= 0.3 is 12.1 Å². The van der Waals surface area contributed by atoms with Gasteiger partial charge < -0.3 is 5.32 Å². The van der Waals surface area contributed by atoms with Crippen molar-refractivity contribution in [3.63, 3.8) is 0 Å². The van der Waals surface area contributed by atoms with Crippen LogP contribution in [-0.4, -0.2) is 12.1 Å². The fourth-order valence-electron chi connectivity index (χ4n) is 1.40. The molecule has 0 saturated heterocycles. The van der Waals surface area contributed by atoms with Crippen molar-refractivity contribution in [3.05, 3.63) is 35.4 Å². The Kier molecular flexibility index (Phi) is 4.15. The standard InChI is InChI=1S/C12H14F3NO/c1-3-9-4-6-10(7-5-9)8(2)16-11(17)12(13,14)15/h4-8H,3H2,1-2H3,(H,16,17)/t8-/m1/s1. The van der Waals surface area contributed by atoms with E-state index in [2.05, 4.69) is 0 Å². The zero-order valence-electron chi connectivity index (χ0n) is 9.64. The van der Waals surface area contributed by atoms with Crippen molar-refractivity contribution in [2.45, 2.75) is 32.5 Å². The Labute approximate surface area is 97.8 Å². The van der Waals surface area contributed by atoms with Gasteiger partial charge in [-0.2, -0.15) is 13.2 Å². The molecule has 1 N–H and O–H groups in total. The second-order valence-electron chi connectivity index (χ2n) is 3.79. The minimum atomic E-state index is -4.84. The molecule has 0 heterocycles. The van der Waals surface area contributed by atoms with Gasteiger partial charge in [-0.05, 0) is 24.5 Å². The van der Waals surface area contributed by atoms with Gasteiger partial charge in [0.05, 0.1) is 6.04 Å². The molecule has 0 radical (unpaired) electrons. The van der Waals surface area contributed by atoms with Crippen LogP contribution in [0.4, 0.5) is 13.2 Å². The molecule has 0 aromatic heterocycles. The van der Waals surface area contributed by atoms with Gasteiger partial charge in [-0.3, -0.25) is 4.79 Å². The summed E-state index contributed by atoms with van der Waals surface area (Å²) in [4.78, 5) is 10.7. The second kappa shape index (κ2) is 5.21. The third-order valence-corrected chi connectivity index (χ3v) is 2.49. The van der Waals surface area contributed by atoms with E-state index < -0.39 is 18.1 Å². The van der Waals surface area contributed by atoms with Crippen LogP contribution in [0.2, 0.25) is 0 Å². The molecule has 0 aliphatic heterocycles. The molecule has 1 rings (SSSR count). The van der Waals surface area contributed by atoms with Crippen LogP contribution in [0.15, 0.2) is 24.3 Å². The quantitative estimate of drug-likeness (QED) is 0.871. The van der Waals surface area contributed by atoms with E-state index in [0.717, 1.165) is 12.0 Å². The van der Waals surface area contributed by atoms with Crippen molar-refractivity contribution in [2.24, 2.45) is 0 Å². The van der Waals surface area contributed by atoms with E-state index in [0.29, 0.717) is 5.56 Å². The number of aryl methyl sites for hydroxylation is 1. The van der Waals surface area contributed by atoms with Gasteiger partial charge in [0.2, 0.25) is 0 Å². The minimum Gasteiger partial charge on any atom is -0.342 e. The topological polar surface area (TPSA) is 29.1 Å². The van der Waals surface area contributed by atoms with E-state index >= 15 is 0 Å². The predicted molar refractivity (Wildman–Crippen MR) is 58.4 cm³/mol. The number of carbonyl (C=O) groups excluding carboxylic acids is 1. The Balaban J connectivity index is 2.70. The summed E-state index contributed by atoms with van der Waals surface area (Å²) in [5, 5.41) is 1.91. The smallest absolute Gasteiger partial charge is 0.342 e. The highest BCUT2D eigenvalue weighted by Crippen LogP contribution is 2.19. The molecule has 0 spiro atoms. The number of carbonyl (C=O) groups is 1. The summed E-state index contributed by atoms with van der Waals surface area (Å²) in [5.74, 6) is -1.91. The highest BCUT2D eigenvalue weighted by atomic mass is 19.4. The Hall–Kier alpha value is -1.52. The fourth-order valence-corrected chi connectivity index (χ4v) is 1.40. The van der Waals surface area contributed by atoms with Crippen LogP contribution in [0.5, 0.6) is 0 Å². The highest BCUT2D eigenvalue weighted by Gasteiger charge is 2.39. The molecule has 0 bridgehead atoms. The Bertz CT molecular complexity index is 384. The molecule has 94 valence electrons. The number of benzene rings is 1. The number of nitrogens with one attached hydrogen (secondary N) is 1. The highest BCUT2D eigenvalue weighted by molar-refractivity contribution is 5.82. The van der Waals surface area contributed by atoms with Gasteiger partial charge in [0.1, 0.15) is 0 Å². The minimum absolute atomic E-state index is 0.653. The number of alkyl halides is 3. The molecule has 0 aliphatic carbocycles. The number of hydrogen-bond acceptors (Lipinski definition) is 1. The average molecular weight is 245 g/mol. The van der Waals surface area contributed by atoms with Crippen molar-refractivity contribution >= 4 is 5.91 Å². The van der Waals surface area contributed by atoms with Crippen molar-refractivity contribution in [1.29, 1.82) is 0 Å². The van der Waals surface area contributed by atoms with Gasteiger partial charge in [0.15, 0.2) is 0 Å². The molecule has 0 aliphatic rings. The molecule has 5 heteroatoms. The fraction of sp³-hybridized carbons (Fsp3) is 0.417. The van der Waals surface area contributed by atoms with Crippen LogP contribution in [0.1, 0.15) is 31.0 Å². The first-order chi connectivity index (χ1) is 7.84. The molecule has 1 aromatic rings. The normalized spacial score (nSPS) is 13.2. The molecule has 0 saturated carbocycles. The van der Waals surface area contributed by atoms with Gasteiger partial charge in [-0.1, -0.05) is 31.2 Å². The van der Waals surface area contributed by atoms with Crippen LogP contribution in [0.25, 0.3) is 0 Å². The van der Waals surface area contributed by atoms with Crippen molar-refractivity contribution < 1.29 is 18.0 Å². The van der Waals surface area contributed by atoms with Gasteiger partial charge in [-0.15, -0.1) is 0 Å². The molecular formula is C12H14F3NO. The lowest BCUT2D eigenvalue weighted by Crippen LogP contribution is -2.38. The van der Waals surface area contributed by atoms with Crippen LogP contribution in [-0.2, 0) is 11.2 Å². The molecule has 2 nitrogen and oxygen atoms in total. The van der Waals surface area contributed by atoms with Gasteiger partial charge in [0.25, 0.3) is 0 Å². The Morgan fingerprint density at radius 3 is 2.24 bits per heavy atom. The van der Waals surface area contributed by atoms with Gasteiger partial charge in [0, 0.05) is 0 Å². The number of halogens is 3. The van der Waals surface area contributed by atoms with Crippen LogP contribution >= 0.6 is 0 Å². The number of amides is 1. The van der Waals surface area contributed by atoms with Crippen molar-refractivity contribution in [3.8, 4) is 0 Å². The third-order valence-electron chi connectivity index (χ3n) is 2.49. The average Bonchev–Trinajstić information content (AvgIpc) is 2.27. The molecule has 0 fully saturated rings. The summed E-state index contributed by atoms with van der Waals surface area (Å²) in [5.41, 5.74) is 1.75. The molecular weight excluding hydrogens is 231 g/mol. The molecule has 1 amide bonds. The van der Waals surface area contributed by atoms with Crippen LogP contribution in [0.3, 0.4) is 0 Å². The largest absolute Gasteiger partial charge is 0.471 e. The first-order valence-electron chi connectivity index (χ1n) is 5.31. The van der Waals surface area contributed by atoms with E-state index in [1.165, 1.54) is 6.92 Å². The summed E-state index contributed by atoms with van der Waals surface area (Å²) >= 11 is 0. The Morgan fingerprint density at radius 1 is 1.29 bits per heavy atom.